The van der Waals surface area contributed by atoms with E-state index in [1.54, 1.807) is 0 Å². The molecule has 7 heteroatoms. The van der Waals surface area contributed by atoms with Crippen LogP contribution < -0.4 is 5.32 Å². The third kappa shape index (κ3) is 3.78. The first-order chi connectivity index (χ1) is 8.54. The molecule has 1 heterocycles. The van der Waals surface area contributed by atoms with E-state index in [1.807, 2.05) is 20.8 Å². The summed E-state index contributed by atoms with van der Waals surface area (Å²) in [6.45, 7) is 6.40. The summed E-state index contributed by atoms with van der Waals surface area (Å²) in [7, 11) is 0. The van der Waals surface area contributed by atoms with Gasteiger partial charge in [0.1, 0.15) is 5.76 Å². The van der Waals surface area contributed by atoms with Crippen LogP contribution in [0.25, 0.3) is 0 Å². The Balaban J connectivity index is 2.70. The third-order valence-corrected chi connectivity index (χ3v) is 2.54. The summed E-state index contributed by atoms with van der Waals surface area (Å²) in [6.07, 6.45) is 0. The maximum Gasteiger partial charge on any atom is 0.337 e. The van der Waals surface area contributed by atoms with Crippen molar-refractivity contribution in [1.82, 2.24) is 10.5 Å². The van der Waals surface area contributed by atoms with Gasteiger partial charge in [-0.15, -0.1) is 0 Å². The van der Waals surface area contributed by atoms with Crippen molar-refractivity contribution < 1.29 is 24.3 Å². The van der Waals surface area contributed by atoms with E-state index >= 15 is 0 Å². The van der Waals surface area contributed by atoms with Gasteiger partial charge in [-0.05, 0) is 6.92 Å². The van der Waals surface area contributed by atoms with Crippen LogP contribution in [-0.2, 0) is 10.2 Å². The molecular weight excluding hydrogens is 252 g/mol. The van der Waals surface area contributed by atoms with Crippen molar-refractivity contribution in [3.05, 3.63) is 17.5 Å². The van der Waals surface area contributed by atoms with Crippen LogP contribution in [-0.4, -0.2) is 39.4 Å². The van der Waals surface area contributed by atoms with E-state index < -0.39 is 24.0 Å². The molecule has 1 amide bonds. The lowest BCUT2D eigenvalue weighted by Crippen LogP contribution is -2.46. The number of aromatic nitrogens is 1. The molecule has 0 spiro atoms. The summed E-state index contributed by atoms with van der Waals surface area (Å²) in [5.74, 6) is -1.47. The zero-order chi connectivity index (χ0) is 14.8. The Hall–Kier alpha value is -1.89. The maximum atomic E-state index is 11.7. The normalized spacial score (nSPS) is 14.8. The van der Waals surface area contributed by atoms with Gasteiger partial charge in [0.15, 0.2) is 11.3 Å². The lowest BCUT2D eigenvalue weighted by atomic mass is 9.93. The van der Waals surface area contributed by atoms with Crippen molar-refractivity contribution >= 4 is 11.9 Å². The molecule has 0 saturated heterocycles. The number of nitrogens with one attached hydrogen (secondary N) is 1. The average molecular weight is 270 g/mol. The smallest absolute Gasteiger partial charge is 0.337 e. The lowest BCUT2D eigenvalue weighted by molar-refractivity contribution is -0.155. The van der Waals surface area contributed by atoms with E-state index in [0.29, 0.717) is 5.76 Å². The van der Waals surface area contributed by atoms with Gasteiger partial charge in [0.2, 0.25) is 0 Å². The SMILES string of the molecule is CC(O)(CNC(=O)c1cc(C(C)(C)C)on1)C(=O)O. The van der Waals surface area contributed by atoms with Crippen LogP contribution in [0.15, 0.2) is 10.6 Å². The fourth-order valence-corrected chi connectivity index (χ4v) is 1.15. The second kappa shape index (κ2) is 5.00. The molecule has 1 atom stereocenters. The van der Waals surface area contributed by atoms with Crippen molar-refractivity contribution in [3.8, 4) is 0 Å². The highest BCUT2D eigenvalue weighted by atomic mass is 16.5. The molecule has 0 saturated carbocycles. The van der Waals surface area contributed by atoms with Gasteiger partial charge in [0.05, 0.1) is 6.54 Å². The van der Waals surface area contributed by atoms with E-state index in [1.165, 1.54) is 6.07 Å². The fraction of sp³-hybridized carbons (Fsp3) is 0.583. The molecule has 0 aromatic carbocycles. The van der Waals surface area contributed by atoms with Gasteiger partial charge in [-0.25, -0.2) is 4.79 Å². The zero-order valence-corrected chi connectivity index (χ0v) is 11.4. The van der Waals surface area contributed by atoms with Gasteiger partial charge in [0, 0.05) is 11.5 Å². The first kappa shape index (κ1) is 15.2. The highest BCUT2D eigenvalue weighted by molar-refractivity contribution is 5.92. The van der Waals surface area contributed by atoms with Crippen LogP contribution in [0.5, 0.6) is 0 Å². The van der Waals surface area contributed by atoms with Gasteiger partial charge in [-0.3, -0.25) is 4.79 Å². The van der Waals surface area contributed by atoms with E-state index in [9.17, 15) is 14.7 Å². The Morgan fingerprint density at radius 2 is 1.95 bits per heavy atom. The van der Waals surface area contributed by atoms with Gasteiger partial charge < -0.3 is 20.1 Å². The molecule has 0 aliphatic heterocycles. The molecule has 7 nitrogen and oxygen atoms in total. The number of aliphatic hydroxyl groups is 1. The summed E-state index contributed by atoms with van der Waals surface area (Å²) in [5, 5.41) is 24.1. The molecular formula is C12H18N2O5. The summed E-state index contributed by atoms with van der Waals surface area (Å²) in [4.78, 5) is 22.4. The van der Waals surface area contributed by atoms with Crippen LogP contribution in [0.1, 0.15) is 43.9 Å². The number of rotatable bonds is 4. The fourth-order valence-electron chi connectivity index (χ4n) is 1.15. The van der Waals surface area contributed by atoms with Crippen LogP contribution in [0, 0.1) is 0 Å². The van der Waals surface area contributed by atoms with Crippen LogP contribution >= 0.6 is 0 Å². The van der Waals surface area contributed by atoms with Crippen molar-refractivity contribution in [2.45, 2.75) is 38.7 Å². The minimum atomic E-state index is -2.02. The minimum absolute atomic E-state index is 0.0473. The van der Waals surface area contributed by atoms with E-state index in [2.05, 4.69) is 10.5 Å². The predicted molar refractivity (Wildman–Crippen MR) is 65.8 cm³/mol. The van der Waals surface area contributed by atoms with E-state index in [-0.39, 0.29) is 11.1 Å². The summed E-state index contributed by atoms with van der Waals surface area (Å²) in [5.41, 5.74) is -2.25. The van der Waals surface area contributed by atoms with Crippen molar-refractivity contribution in [1.29, 1.82) is 0 Å². The van der Waals surface area contributed by atoms with E-state index in [0.717, 1.165) is 6.92 Å². The number of amides is 1. The summed E-state index contributed by atoms with van der Waals surface area (Å²) in [6, 6.07) is 1.49. The molecule has 3 N–H and O–H groups in total. The molecule has 106 valence electrons. The number of carboxylic acids is 1. The first-order valence-corrected chi connectivity index (χ1v) is 5.75. The summed E-state index contributed by atoms with van der Waals surface area (Å²) < 4.78 is 5.04. The Morgan fingerprint density at radius 3 is 2.37 bits per heavy atom. The minimum Gasteiger partial charge on any atom is -0.479 e. The van der Waals surface area contributed by atoms with Gasteiger partial charge in [-0.1, -0.05) is 25.9 Å². The Bertz CT molecular complexity index is 485. The van der Waals surface area contributed by atoms with Crippen molar-refractivity contribution in [2.75, 3.05) is 6.54 Å². The zero-order valence-electron chi connectivity index (χ0n) is 11.4. The Morgan fingerprint density at radius 1 is 1.37 bits per heavy atom. The molecule has 0 radical (unpaired) electrons. The molecule has 0 bridgehead atoms. The lowest BCUT2D eigenvalue weighted by Gasteiger charge is -2.17. The van der Waals surface area contributed by atoms with Crippen molar-refractivity contribution in [3.63, 3.8) is 0 Å². The number of carboxylic acid groups (broad SMARTS) is 1. The Kier molecular flexibility index (Phi) is 4.00. The van der Waals surface area contributed by atoms with E-state index in [4.69, 9.17) is 9.63 Å². The number of hydrogen-bond donors (Lipinski definition) is 3. The second-order valence-corrected chi connectivity index (χ2v) is 5.59. The molecule has 1 aromatic rings. The average Bonchev–Trinajstić information content (AvgIpc) is 2.74. The molecule has 19 heavy (non-hydrogen) atoms. The monoisotopic (exact) mass is 270 g/mol. The highest BCUT2D eigenvalue weighted by Gasteiger charge is 2.31. The highest BCUT2D eigenvalue weighted by Crippen LogP contribution is 2.22. The van der Waals surface area contributed by atoms with Crippen LogP contribution in [0.4, 0.5) is 0 Å². The number of hydrogen-bond acceptors (Lipinski definition) is 5. The quantitative estimate of drug-likeness (QED) is 0.736. The standard InChI is InChI=1S/C12H18N2O5/c1-11(2,3)8-5-7(14-19-8)9(15)13-6-12(4,18)10(16)17/h5,18H,6H2,1-4H3,(H,13,15)(H,16,17). The summed E-state index contributed by atoms with van der Waals surface area (Å²) >= 11 is 0. The van der Waals surface area contributed by atoms with Gasteiger partial charge >= 0.3 is 5.97 Å². The molecule has 1 rings (SSSR count). The first-order valence-electron chi connectivity index (χ1n) is 5.75. The van der Waals surface area contributed by atoms with Crippen LogP contribution in [0.3, 0.4) is 0 Å². The molecule has 0 aliphatic carbocycles. The topological polar surface area (TPSA) is 113 Å². The molecule has 0 aliphatic rings. The molecule has 1 aromatic heterocycles. The number of aliphatic carboxylic acids is 1. The second-order valence-electron chi connectivity index (χ2n) is 5.59. The molecule has 0 fully saturated rings. The largest absolute Gasteiger partial charge is 0.479 e. The Labute approximate surface area is 110 Å². The number of carbonyl (C=O) groups excluding carboxylic acids is 1. The van der Waals surface area contributed by atoms with Gasteiger partial charge in [-0.2, -0.15) is 0 Å². The van der Waals surface area contributed by atoms with Crippen LogP contribution in [0.2, 0.25) is 0 Å². The van der Waals surface area contributed by atoms with Gasteiger partial charge in [0.25, 0.3) is 5.91 Å². The maximum absolute atomic E-state index is 11.7. The van der Waals surface area contributed by atoms with Crippen molar-refractivity contribution in [2.24, 2.45) is 0 Å². The predicted octanol–water partition coefficient (Wildman–Crippen LogP) is 0.538. The number of carbonyl (C=O) groups is 2. The third-order valence-electron chi connectivity index (χ3n) is 2.54. The number of nitrogens with zero attached hydrogens (tertiary/aromatic N) is 1. The molecule has 1 unspecified atom stereocenters.